The number of carbonyl (C=O) groups is 1. The predicted octanol–water partition coefficient (Wildman–Crippen LogP) is 4.72. The van der Waals surface area contributed by atoms with Crippen LogP contribution in [0.5, 0.6) is 0 Å². The molecule has 0 saturated carbocycles. The van der Waals surface area contributed by atoms with E-state index in [9.17, 15) is 9.18 Å². The van der Waals surface area contributed by atoms with Crippen molar-refractivity contribution < 1.29 is 9.18 Å². The Kier molecular flexibility index (Phi) is 4.23. The summed E-state index contributed by atoms with van der Waals surface area (Å²) in [6, 6.07) is 9.37. The summed E-state index contributed by atoms with van der Waals surface area (Å²) in [4.78, 5) is 13.9. The van der Waals surface area contributed by atoms with Gasteiger partial charge in [-0.3, -0.25) is 0 Å². The monoisotopic (exact) mass is 338 g/mol. The van der Waals surface area contributed by atoms with Gasteiger partial charge in [-0.2, -0.15) is 0 Å². The van der Waals surface area contributed by atoms with Gasteiger partial charge >= 0.3 is 6.03 Å². The van der Waals surface area contributed by atoms with E-state index in [2.05, 4.69) is 5.32 Å². The molecular formula is C16H13Cl2FN2O. The molecule has 0 spiro atoms. The van der Waals surface area contributed by atoms with Crippen molar-refractivity contribution in [2.24, 2.45) is 0 Å². The van der Waals surface area contributed by atoms with Crippen molar-refractivity contribution in [1.82, 2.24) is 4.90 Å². The summed E-state index contributed by atoms with van der Waals surface area (Å²) in [6.07, 6.45) is 0.713. The van der Waals surface area contributed by atoms with E-state index in [1.807, 2.05) is 0 Å². The molecule has 3 rings (SSSR count). The fourth-order valence-corrected chi connectivity index (χ4v) is 2.77. The topological polar surface area (TPSA) is 32.3 Å². The van der Waals surface area contributed by atoms with Crippen LogP contribution < -0.4 is 5.32 Å². The Morgan fingerprint density at radius 2 is 1.91 bits per heavy atom. The normalized spacial score (nSPS) is 13.7. The summed E-state index contributed by atoms with van der Waals surface area (Å²) in [5.74, 6) is -0.287. The van der Waals surface area contributed by atoms with E-state index in [4.69, 9.17) is 23.2 Å². The van der Waals surface area contributed by atoms with Crippen molar-refractivity contribution in [1.29, 1.82) is 0 Å². The van der Waals surface area contributed by atoms with Crippen molar-refractivity contribution in [3.63, 3.8) is 0 Å². The molecule has 0 aromatic heterocycles. The third-order valence-corrected chi connectivity index (χ3v) is 4.38. The molecule has 6 heteroatoms. The molecule has 1 heterocycles. The van der Waals surface area contributed by atoms with E-state index >= 15 is 0 Å². The number of nitrogens with one attached hydrogen (secondary N) is 1. The molecule has 2 aromatic rings. The van der Waals surface area contributed by atoms with Crippen LogP contribution in [0.2, 0.25) is 10.0 Å². The number of halogens is 3. The van der Waals surface area contributed by atoms with Gasteiger partial charge in [0.15, 0.2) is 0 Å². The molecule has 0 radical (unpaired) electrons. The highest BCUT2D eigenvalue weighted by Gasteiger charge is 2.21. The Morgan fingerprint density at radius 1 is 1.09 bits per heavy atom. The van der Waals surface area contributed by atoms with Crippen LogP contribution in [-0.2, 0) is 13.0 Å². The van der Waals surface area contributed by atoms with Gasteiger partial charge in [-0.15, -0.1) is 0 Å². The number of amides is 2. The lowest BCUT2D eigenvalue weighted by Gasteiger charge is -2.29. The fraction of sp³-hybridized carbons (Fsp3) is 0.188. The molecule has 3 nitrogen and oxygen atoms in total. The van der Waals surface area contributed by atoms with Crippen molar-refractivity contribution in [3.05, 3.63) is 63.4 Å². The maximum absolute atomic E-state index is 13.3. The first-order valence-electron chi connectivity index (χ1n) is 6.81. The van der Waals surface area contributed by atoms with Crippen LogP contribution in [0.3, 0.4) is 0 Å². The third kappa shape index (κ3) is 3.18. The molecule has 0 bridgehead atoms. The maximum Gasteiger partial charge on any atom is 0.322 e. The molecule has 0 unspecified atom stereocenters. The van der Waals surface area contributed by atoms with E-state index in [0.717, 1.165) is 11.1 Å². The molecule has 0 fully saturated rings. The van der Waals surface area contributed by atoms with Crippen molar-refractivity contribution in [3.8, 4) is 0 Å². The Bertz CT molecular complexity index is 736. The molecule has 2 aromatic carbocycles. The zero-order valence-corrected chi connectivity index (χ0v) is 13.1. The molecule has 114 valence electrons. The van der Waals surface area contributed by atoms with Gasteiger partial charge in [0, 0.05) is 18.8 Å². The van der Waals surface area contributed by atoms with Crippen LogP contribution in [-0.4, -0.2) is 17.5 Å². The highest BCUT2D eigenvalue weighted by atomic mass is 35.5. The van der Waals surface area contributed by atoms with Crippen molar-refractivity contribution >= 4 is 34.9 Å². The summed E-state index contributed by atoms with van der Waals surface area (Å²) >= 11 is 11.8. The molecule has 1 aliphatic heterocycles. The van der Waals surface area contributed by atoms with Crippen LogP contribution in [0.25, 0.3) is 0 Å². The Labute approximate surface area is 137 Å². The third-order valence-electron chi connectivity index (χ3n) is 3.64. The second kappa shape index (κ2) is 6.15. The molecule has 2 amide bonds. The molecule has 0 aliphatic carbocycles. The first-order chi connectivity index (χ1) is 10.5. The van der Waals surface area contributed by atoms with E-state index in [-0.39, 0.29) is 11.8 Å². The SMILES string of the molecule is O=C(Nc1ccc(Cl)c(Cl)c1)N1CCc2ccc(F)cc2C1. The smallest absolute Gasteiger partial charge is 0.320 e. The van der Waals surface area contributed by atoms with Crippen LogP contribution in [0.4, 0.5) is 14.9 Å². The number of benzene rings is 2. The molecule has 1 N–H and O–H groups in total. The highest BCUT2D eigenvalue weighted by Crippen LogP contribution is 2.26. The summed E-state index contributed by atoms with van der Waals surface area (Å²) in [7, 11) is 0. The molecule has 22 heavy (non-hydrogen) atoms. The molecule has 0 atom stereocenters. The van der Waals surface area contributed by atoms with E-state index in [1.54, 1.807) is 29.2 Å². The lowest BCUT2D eigenvalue weighted by atomic mass is 10.00. The minimum atomic E-state index is -0.287. The lowest BCUT2D eigenvalue weighted by Crippen LogP contribution is -2.38. The first kappa shape index (κ1) is 15.1. The van der Waals surface area contributed by atoms with E-state index in [1.165, 1.54) is 12.1 Å². The van der Waals surface area contributed by atoms with Gasteiger partial charge in [-0.25, -0.2) is 9.18 Å². The average molecular weight is 339 g/mol. The summed E-state index contributed by atoms with van der Waals surface area (Å²) < 4.78 is 13.3. The van der Waals surface area contributed by atoms with Gasteiger partial charge in [0.25, 0.3) is 0 Å². The van der Waals surface area contributed by atoms with Gasteiger partial charge in [0.05, 0.1) is 10.0 Å². The zero-order chi connectivity index (χ0) is 15.7. The molecule has 0 saturated heterocycles. The number of nitrogens with zero attached hydrogens (tertiary/aromatic N) is 1. The second-order valence-electron chi connectivity index (χ2n) is 5.14. The minimum absolute atomic E-state index is 0.242. The summed E-state index contributed by atoms with van der Waals surface area (Å²) in [6.45, 7) is 0.978. The quantitative estimate of drug-likeness (QED) is 0.801. The van der Waals surface area contributed by atoms with Crippen molar-refractivity contribution in [2.45, 2.75) is 13.0 Å². The summed E-state index contributed by atoms with van der Waals surface area (Å²) in [5, 5.41) is 3.59. The lowest BCUT2D eigenvalue weighted by molar-refractivity contribution is 0.206. The number of hydrogen-bond acceptors (Lipinski definition) is 1. The Morgan fingerprint density at radius 3 is 2.68 bits per heavy atom. The number of rotatable bonds is 1. The largest absolute Gasteiger partial charge is 0.322 e. The van der Waals surface area contributed by atoms with E-state index in [0.29, 0.717) is 35.2 Å². The van der Waals surface area contributed by atoms with E-state index < -0.39 is 0 Å². The van der Waals surface area contributed by atoms with Crippen LogP contribution in [0.15, 0.2) is 36.4 Å². The maximum atomic E-state index is 13.3. The number of carbonyl (C=O) groups excluding carboxylic acids is 1. The summed E-state index contributed by atoms with van der Waals surface area (Å²) in [5.41, 5.74) is 2.50. The first-order valence-corrected chi connectivity index (χ1v) is 7.57. The van der Waals surface area contributed by atoms with Gasteiger partial charge in [0.2, 0.25) is 0 Å². The number of hydrogen-bond donors (Lipinski definition) is 1. The van der Waals surface area contributed by atoms with Crippen LogP contribution in [0.1, 0.15) is 11.1 Å². The number of urea groups is 1. The van der Waals surface area contributed by atoms with Gasteiger partial charge in [-0.1, -0.05) is 29.3 Å². The fourth-order valence-electron chi connectivity index (χ4n) is 2.48. The Balaban J connectivity index is 1.72. The van der Waals surface area contributed by atoms with Crippen LogP contribution in [0, 0.1) is 5.82 Å². The van der Waals surface area contributed by atoms with Gasteiger partial charge < -0.3 is 10.2 Å². The minimum Gasteiger partial charge on any atom is -0.320 e. The average Bonchev–Trinajstić information content (AvgIpc) is 2.50. The zero-order valence-electron chi connectivity index (χ0n) is 11.6. The highest BCUT2D eigenvalue weighted by molar-refractivity contribution is 6.42. The standard InChI is InChI=1S/C16H13Cl2FN2O/c17-14-4-3-13(8-15(14)18)20-16(22)21-6-5-10-1-2-12(19)7-11(10)9-21/h1-4,7-8H,5-6,9H2,(H,20,22). The van der Waals surface area contributed by atoms with Gasteiger partial charge in [-0.05, 0) is 47.9 Å². The Hall–Kier alpha value is -1.78. The second-order valence-corrected chi connectivity index (χ2v) is 5.96. The molecular weight excluding hydrogens is 326 g/mol. The van der Waals surface area contributed by atoms with Crippen molar-refractivity contribution in [2.75, 3.05) is 11.9 Å². The molecule has 1 aliphatic rings. The van der Waals surface area contributed by atoms with Crippen LogP contribution >= 0.6 is 23.2 Å². The van der Waals surface area contributed by atoms with Gasteiger partial charge in [0.1, 0.15) is 5.82 Å². The number of fused-ring (bicyclic) bond motifs is 1. The predicted molar refractivity (Wildman–Crippen MR) is 86.0 cm³/mol. The number of anilines is 1.